The second kappa shape index (κ2) is 2.83. The van der Waals surface area contributed by atoms with Crippen LogP contribution in [0.25, 0.3) is 0 Å². The van der Waals surface area contributed by atoms with Gasteiger partial charge in [-0.05, 0) is 10.1 Å². The van der Waals surface area contributed by atoms with Crippen molar-refractivity contribution >= 4 is 8.07 Å². The lowest BCUT2D eigenvalue weighted by atomic mass is 10.1. The molecule has 1 rings (SSSR count). The van der Waals surface area contributed by atoms with Crippen molar-refractivity contribution in [3.8, 4) is 0 Å². The highest BCUT2D eigenvalue weighted by Gasteiger charge is 2.55. The largest absolute Gasteiger partial charge is 0.373 e. The summed E-state index contributed by atoms with van der Waals surface area (Å²) in [5.41, 5.74) is 0. The summed E-state index contributed by atoms with van der Waals surface area (Å²) in [5.74, 6) is 0. The van der Waals surface area contributed by atoms with Gasteiger partial charge in [0.15, 0.2) is 0 Å². The first-order valence-electron chi connectivity index (χ1n) is 5.22. The number of hydrogen-bond donors (Lipinski definition) is 0. The van der Waals surface area contributed by atoms with Crippen LogP contribution in [-0.4, -0.2) is 20.8 Å². The van der Waals surface area contributed by atoms with E-state index < -0.39 is 8.07 Å². The van der Waals surface area contributed by atoms with Crippen molar-refractivity contribution in [2.24, 2.45) is 0 Å². The third-order valence-corrected chi connectivity index (χ3v) is 11.9. The van der Waals surface area contributed by atoms with E-state index >= 15 is 0 Å². The maximum atomic E-state index is 5.49. The van der Waals surface area contributed by atoms with Crippen LogP contribution in [0.15, 0.2) is 0 Å². The Morgan fingerprint density at radius 3 is 1.69 bits per heavy atom. The van der Waals surface area contributed by atoms with Crippen LogP contribution < -0.4 is 0 Å². The fraction of sp³-hybridized carbons (Fsp3) is 1.00. The SMILES string of the molecule is CC(C)(C)[Si](C)(C)C(C)(C)C1CO1. The van der Waals surface area contributed by atoms with Gasteiger partial charge in [0.1, 0.15) is 0 Å². The molecule has 1 saturated heterocycles. The zero-order chi connectivity index (χ0) is 10.5. The van der Waals surface area contributed by atoms with Gasteiger partial charge >= 0.3 is 0 Å². The Hall–Kier alpha value is 0.177. The molecule has 0 radical (unpaired) electrons. The lowest BCUT2D eigenvalue weighted by Crippen LogP contribution is -2.49. The van der Waals surface area contributed by atoms with Gasteiger partial charge in [0.05, 0.1) is 20.8 Å². The Morgan fingerprint density at radius 2 is 1.46 bits per heavy atom. The molecule has 0 amide bonds. The zero-order valence-corrected chi connectivity index (χ0v) is 11.2. The molecule has 13 heavy (non-hydrogen) atoms. The minimum absolute atomic E-state index is 0.408. The van der Waals surface area contributed by atoms with E-state index in [1.54, 1.807) is 0 Å². The Kier molecular flexibility index (Phi) is 2.45. The number of epoxide rings is 1. The molecule has 0 aromatic carbocycles. The molecule has 78 valence electrons. The minimum atomic E-state index is -1.26. The molecule has 1 fully saturated rings. The van der Waals surface area contributed by atoms with Gasteiger partial charge in [-0.1, -0.05) is 47.7 Å². The normalized spacial score (nSPS) is 24.7. The molecule has 2 heteroatoms. The predicted octanol–water partition coefficient (Wildman–Crippen LogP) is 3.67. The van der Waals surface area contributed by atoms with Crippen molar-refractivity contribution < 1.29 is 4.74 Å². The van der Waals surface area contributed by atoms with Crippen LogP contribution >= 0.6 is 0 Å². The monoisotopic (exact) mass is 200 g/mol. The molecular formula is C11H24OSi. The molecule has 0 bridgehead atoms. The first-order valence-corrected chi connectivity index (χ1v) is 8.22. The second-order valence-corrected chi connectivity index (χ2v) is 12.5. The van der Waals surface area contributed by atoms with Gasteiger partial charge in [-0.2, -0.15) is 0 Å². The van der Waals surface area contributed by atoms with E-state index in [0.717, 1.165) is 6.61 Å². The molecule has 0 spiro atoms. The molecule has 0 aromatic rings. The van der Waals surface area contributed by atoms with E-state index in [0.29, 0.717) is 16.2 Å². The van der Waals surface area contributed by atoms with E-state index in [4.69, 9.17) is 4.74 Å². The van der Waals surface area contributed by atoms with Gasteiger partial charge in [-0.15, -0.1) is 0 Å². The van der Waals surface area contributed by atoms with Crippen LogP contribution in [0.3, 0.4) is 0 Å². The summed E-state index contributed by atoms with van der Waals surface area (Å²) in [6.45, 7) is 17.9. The van der Waals surface area contributed by atoms with E-state index in [2.05, 4.69) is 47.7 Å². The minimum Gasteiger partial charge on any atom is -0.373 e. The Bertz CT molecular complexity index is 197. The van der Waals surface area contributed by atoms with Crippen LogP contribution in [0.2, 0.25) is 23.2 Å². The van der Waals surface area contributed by atoms with Crippen molar-refractivity contribution in [1.82, 2.24) is 0 Å². The Balaban J connectivity index is 2.90. The fourth-order valence-electron chi connectivity index (χ4n) is 1.83. The maximum absolute atomic E-state index is 5.49. The lowest BCUT2D eigenvalue weighted by molar-refractivity contribution is 0.352. The molecule has 0 aromatic heterocycles. The van der Waals surface area contributed by atoms with Crippen LogP contribution in [0.4, 0.5) is 0 Å². The van der Waals surface area contributed by atoms with Crippen LogP contribution in [0, 0.1) is 0 Å². The molecule has 0 aliphatic carbocycles. The molecular weight excluding hydrogens is 176 g/mol. The first-order chi connectivity index (χ1) is 5.61. The fourth-order valence-corrected chi connectivity index (χ4v) is 4.74. The van der Waals surface area contributed by atoms with Gasteiger partial charge in [0, 0.05) is 0 Å². The Labute approximate surface area is 83.9 Å². The smallest absolute Gasteiger partial charge is 0.0837 e. The molecule has 1 nitrogen and oxygen atoms in total. The summed E-state index contributed by atoms with van der Waals surface area (Å²) in [5, 5.41) is 0.869. The summed E-state index contributed by atoms with van der Waals surface area (Å²) in [6, 6.07) is 0. The zero-order valence-electron chi connectivity index (χ0n) is 10.2. The standard InChI is InChI=1S/C11H24OSi/c1-10(2,3)13(6,7)11(4,5)9-8-12-9/h9H,8H2,1-7H3. The topological polar surface area (TPSA) is 12.5 Å². The average molecular weight is 200 g/mol. The van der Waals surface area contributed by atoms with E-state index in [9.17, 15) is 0 Å². The van der Waals surface area contributed by atoms with E-state index in [-0.39, 0.29) is 0 Å². The summed E-state index contributed by atoms with van der Waals surface area (Å²) < 4.78 is 5.49. The predicted molar refractivity (Wildman–Crippen MR) is 61.0 cm³/mol. The molecule has 1 unspecified atom stereocenters. The summed E-state index contributed by atoms with van der Waals surface area (Å²) in [7, 11) is -1.26. The van der Waals surface area contributed by atoms with Gasteiger partial charge < -0.3 is 4.74 Å². The highest BCUT2D eigenvalue weighted by molar-refractivity contribution is 6.83. The highest BCUT2D eigenvalue weighted by atomic mass is 28.3. The number of rotatable bonds is 2. The molecule has 1 aliphatic rings. The third-order valence-electron chi connectivity index (χ3n) is 4.62. The Morgan fingerprint density at radius 1 is 1.08 bits per heavy atom. The summed E-state index contributed by atoms with van der Waals surface area (Å²) in [4.78, 5) is 0. The maximum Gasteiger partial charge on any atom is 0.0837 e. The van der Waals surface area contributed by atoms with Crippen molar-refractivity contribution in [1.29, 1.82) is 0 Å². The molecule has 0 N–H and O–H groups in total. The first kappa shape index (κ1) is 11.3. The van der Waals surface area contributed by atoms with Crippen molar-refractivity contribution in [3.63, 3.8) is 0 Å². The van der Waals surface area contributed by atoms with E-state index in [1.165, 1.54) is 0 Å². The third kappa shape index (κ3) is 1.71. The molecule has 1 heterocycles. The lowest BCUT2D eigenvalue weighted by Gasteiger charge is -2.48. The van der Waals surface area contributed by atoms with Crippen molar-refractivity contribution in [2.75, 3.05) is 6.61 Å². The summed E-state index contributed by atoms with van der Waals surface area (Å²) in [6.07, 6.45) is 0.536. The second-order valence-electron chi connectivity index (χ2n) is 6.42. The molecule has 1 atom stereocenters. The molecule has 1 aliphatic heterocycles. The van der Waals surface area contributed by atoms with Gasteiger partial charge in [0.25, 0.3) is 0 Å². The van der Waals surface area contributed by atoms with Crippen LogP contribution in [0.5, 0.6) is 0 Å². The summed E-state index contributed by atoms with van der Waals surface area (Å²) >= 11 is 0. The van der Waals surface area contributed by atoms with Gasteiger partial charge in [-0.3, -0.25) is 0 Å². The average Bonchev–Trinajstić information content (AvgIpc) is 2.63. The van der Waals surface area contributed by atoms with Crippen molar-refractivity contribution in [2.45, 2.75) is 63.9 Å². The van der Waals surface area contributed by atoms with Gasteiger partial charge in [0.2, 0.25) is 0 Å². The molecule has 0 saturated carbocycles. The number of ether oxygens (including phenoxy) is 1. The van der Waals surface area contributed by atoms with Crippen LogP contribution in [-0.2, 0) is 4.74 Å². The highest BCUT2D eigenvalue weighted by Crippen LogP contribution is 2.56. The number of hydrogen-bond acceptors (Lipinski definition) is 1. The quantitative estimate of drug-likeness (QED) is 0.489. The van der Waals surface area contributed by atoms with Crippen LogP contribution in [0.1, 0.15) is 34.6 Å². The van der Waals surface area contributed by atoms with E-state index in [1.807, 2.05) is 0 Å². The van der Waals surface area contributed by atoms with Crippen molar-refractivity contribution in [3.05, 3.63) is 0 Å². The van der Waals surface area contributed by atoms with Gasteiger partial charge in [-0.25, -0.2) is 0 Å².